The van der Waals surface area contributed by atoms with E-state index in [2.05, 4.69) is 5.32 Å². The molecule has 0 aromatic heterocycles. The summed E-state index contributed by atoms with van der Waals surface area (Å²) in [7, 11) is 1.70. The van der Waals surface area contributed by atoms with Crippen molar-refractivity contribution in [3.63, 3.8) is 0 Å². The van der Waals surface area contributed by atoms with Crippen molar-refractivity contribution in [3.8, 4) is 0 Å². The van der Waals surface area contributed by atoms with Crippen LogP contribution in [0, 0.1) is 0 Å². The Morgan fingerprint density at radius 3 is 2.53 bits per heavy atom. The lowest BCUT2D eigenvalue weighted by atomic mass is 10.2. The summed E-state index contributed by atoms with van der Waals surface area (Å²) in [5.74, 6) is -0.470. The zero-order chi connectivity index (χ0) is 12.7. The largest absolute Gasteiger partial charge is 0.346 e. The molecular weight excluding hydrogens is 218 g/mol. The van der Waals surface area contributed by atoms with Gasteiger partial charge in [-0.15, -0.1) is 0 Å². The minimum Gasteiger partial charge on any atom is -0.346 e. The summed E-state index contributed by atoms with van der Waals surface area (Å²) in [6, 6.07) is 9.66. The van der Waals surface area contributed by atoms with Gasteiger partial charge in [-0.3, -0.25) is 9.59 Å². The molecule has 0 heterocycles. The number of hydrogen-bond donors (Lipinski definition) is 2. The summed E-state index contributed by atoms with van der Waals surface area (Å²) in [5.41, 5.74) is 6.17. The van der Waals surface area contributed by atoms with Crippen molar-refractivity contribution >= 4 is 11.8 Å². The lowest BCUT2D eigenvalue weighted by Crippen LogP contribution is -2.40. The van der Waals surface area contributed by atoms with Crippen LogP contribution in [0.4, 0.5) is 0 Å². The Morgan fingerprint density at radius 1 is 1.29 bits per heavy atom. The zero-order valence-electron chi connectivity index (χ0n) is 9.85. The van der Waals surface area contributed by atoms with Crippen LogP contribution >= 0.6 is 0 Å². The Bertz CT molecular complexity index is 379. The summed E-state index contributed by atoms with van der Waals surface area (Å²) in [6.07, 6.45) is 0. The van der Waals surface area contributed by atoms with Gasteiger partial charge in [0.25, 0.3) is 0 Å². The Morgan fingerprint density at radius 2 is 1.94 bits per heavy atom. The minimum atomic E-state index is -0.327. The van der Waals surface area contributed by atoms with Gasteiger partial charge in [-0.2, -0.15) is 0 Å². The summed E-state index contributed by atoms with van der Waals surface area (Å²) in [6.45, 7) is 0.410. The molecule has 0 fully saturated rings. The van der Waals surface area contributed by atoms with E-state index in [9.17, 15) is 9.59 Å². The fourth-order valence-electron chi connectivity index (χ4n) is 1.33. The standard InChI is InChI=1S/C12H17N3O2/c1-15(9-10-5-3-2-4-6-10)12(17)8-14-11(16)7-13/h2-6H,7-9,13H2,1H3,(H,14,16). The van der Waals surface area contributed by atoms with E-state index in [4.69, 9.17) is 5.73 Å². The van der Waals surface area contributed by atoms with E-state index in [1.165, 1.54) is 0 Å². The quantitative estimate of drug-likeness (QED) is 0.737. The average Bonchev–Trinajstić information content (AvgIpc) is 2.36. The van der Waals surface area contributed by atoms with Gasteiger partial charge in [-0.05, 0) is 5.56 Å². The molecule has 0 aliphatic rings. The summed E-state index contributed by atoms with van der Waals surface area (Å²) >= 11 is 0. The van der Waals surface area contributed by atoms with Crippen LogP contribution in [0.5, 0.6) is 0 Å². The first-order valence-electron chi connectivity index (χ1n) is 5.38. The third-order valence-electron chi connectivity index (χ3n) is 2.31. The summed E-state index contributed by atoms with van der Waals surface area (Å²) < 4.78 is 0. The maximum atomic E-state index is 11.6. The van der Waals surface area contributed by atoms with Gasteiger partial charge in [-0.1, -0.05) is 30.3 Å². The summed E-state index contributed by atoms with van der Waals surface area (Å²) in [5, 5.41) is 2.44. The average molecular weight is 235 g/mol. The molecular formula is C12H17N3O2. The number of rotatable bonds is 5. The van der Waals surface area contributed by atoms with Gasteiger partial charge in [0.2, 0.25) is 11.8 Å². The van der Waals surface area contributed by atoms with Gasteiger partial charge >= 0.3 is 0 Å². The molecule has 2 amide bonds. The van der Waals surface area contributed by atoms with Gasteiger partial charge in [0, 0.05) is 13.6 Å². The maximum Gasteiger partial charge on any atom is 0.242 e. The summed E-state index contributed by atoms with van der Waals surface area (Å²) in [4.78, 5) is 24.1. The molecule has 0 spiro atoms. The molecule has 0 saturated carbocycles. The smallest absolute Gasteiger partial charge is 0.242 e. The molecule has 0 bridgehead atoms. The monoisotopic (exact) mass is 235 g/mol. The number of carbonyl (C=O) groups excluding carboxylic acids is 2. The number of hydrogen-bond acceptors (Lipinski definition) is 3. The number of nitrogens with one attached hydrogen (secondary N) is 1. The van der Waals surface area contributed by atoms with Gasteiger partial charge in [0.05, 0.1) is 13.1 Å². The van der Waals surface area contributed by atoms with Crippen molar-refractivity contribution in [2.24, 2.45) is 5.73 Å². The Kier molecular flexibility index (Phi) is 5.16. The van der Waals surface area contributed by atoms with Crippen molar-refractivity contribution in [1.29, 1.82) is 0 Å². The van der Waals surface area contributed by atoms with Crippen LogP contribution in [-0.2, 0) is 16.1 Å². The first-order valence-corrected chi connectivity index (χ1v) is 5.38. The molecule has 0 aliphatic heterocycles. The molecule has 1 aromatic rings. The third kappa shape index (κ3) is 4.65. The second-order valence-electron chi connectivity index (χ2n) is 3.72. The second kappa shape index (κ2) is 6.65. The minimum absolute atomic E-state index is 0.0145. The normalized spacial score (nSPS) is 9.76. The molecule has 1 aromatic carbocycles. The van der Waals surface area contributed by atoms with Crippen LogP contribution in [0.2, 0.25) is 0 Å². The molecule has 3 N–H and O–H groups in total. The number of nitrogens with two attached hydrogens (primary N) is 1. The van der Waals surface area contributed by atoms with Gasteiger partial charge in [0.1, 0.15) is 0 Å². The molecule has 1 rings (SSSR count). The molecule has 0 saturated heterocycles. The molecule has 0 aliphatic carbocycles. The highest BCUT2D eigenvalue weighted by Gasteiger charge is 2.09. The van der Waals surface area contributed by atoms with E-state index >= 15 is 0 Å². The molecule has 92 valence electrons. The molecule has 5 nitrogen and oxygen atoms in total. The van der Waals surface area contributed by atoms with E-state index in [0.29, 0.717) is 6.54 Å². The maximum absolute atomic E-state index is 11.6. The van der Waals surface area contributed by atoms with Crippen molar-refractivity contribution in [2.75, 3.05) is 20.1 Å². The van der Waals surface area contributed by atoms with Crippen LogP contribution in [0.15, 0.2) is 30.3 Å². The fourth-order valence-corrected chi connectivity index (χ4v) is 1.33. The van der Waals surface area contributed by atoms with E-state index in [1.807, 2.05) is 30.3 Å². The number of likely N-dealkylation sites (N-methyl/N-ethyl adjacent to an activating group) is 1. The molecule has 0 unspecified atom stereocenters. The lowest BCUT2D eigenvalue weighted by molar-refractivity contribution is -0.131. The number of carbonyl (C=O) groups is 2. The third-order valence-corrected chi connectivity index (χ3v) is 2.31. The fraction of sp³-hybridized carbons (Fsp3) is 0.333. The highest BCUT2D eigenvalue weighted by Crippen LogP contribution is 2.02. The molecule has 0 atom stereocenters. The zero-order valence-corrected chi connectivity index (χ0v) is 9.85. The first-order chi connectivity index (χ1) is 8.13. The van der Waals surface area contributed by atoms with Gasteiger partial charge in [-0.25, -0.2) is 0 Å². The number of nitrogens with zero attached hydrogens (tertiary/aromatic N) is 1. The Labute approximate surface area is 101 Å². The van der Waals surface area contributed by atoms with Gasteiger partial charge in [0.15, 0.2) is 0 Å². The molecule has 17 heavy (non-hydrogen) atoms. The van der Waals surface area contributed by atoms with Crippen LogP contribution in [0.3, 0.4) is 0 Å². The lowest BCUT2D eigenvalue weighted by Gasteiger charge is -2.17. The Hall–Kier alpha value is -1.88. The van der Waals surface area contributed by atoms with Crippen molar-refractivity contribution in [1.82, 2.24) is 10.2 Å². The van der Waals surface area contributed by atoms with Crippen LogP contribution < -0.4 is 11.1 Å². The SMILES string of the molecule is CN(Cc1ccccc1)C(=O)CNC(=O)CN. The second-order valence-corrected chi connectivity index (χ2v) is 3.72. The highest BCUT2D eigenvalue weighted by atomic mass is 16.2. The Balaban J connectivity index is 2.40. The molecule has 5 heteroatoms. The highest BCUT2D eigenvalue weighted by molar-refractivity contribution is 5.85. The van der Waals surface area contributed by atoms with Crippen LogP contribution in [0.1, 0.15) is 5.56 Å². The topological polar surface area (TPSA) is 75.4 Å². The van der Waals surface area contributed by atoms with E-state index < -0.39 is 0 Å². The predicted molar refractivity (Wildman–Crippen MR) is 65.0 cm³/mol. The van der Waals surface area contributed by atoms with E-state index in [1.54, 1.807) is 11.9 Å². The predicted octanol–water partition coefficient (Wildman–Crippen LogP) is -0.280. The van der Waals surface area contributed by atoms with Crippen LogP contribution in [-0.4, -0.2) is 36.9 Å². The van der Waals surface area contributed by atoms with E-state index in [0.717, 1.165) is 5.56 Å². The molecule has 0 radical (unpaired) electrons. The van der Waals surface area contributed by atoms with Crippen LogP contribution in [0.25, 0.3) is 0 Å². The van der Waals surface area contributed by atoms with Crippen molar-refractivity contribution in [2.45, 2.75) is 6.54 Å². The first kappa shape index (κ1) is 13.2. The van der Waals surface area contributed by atoms with Crippen molar-refractivity contribution < 1.29 is 9.59 Å². The number of benzene rings is 1. The number of amides is 2. The van der Waals surface area contributed by atoms with Gasteiger partial charge < -0.3 is 16.0 Å². The van der Waals surface area contributed by atoms with Crippen molar-refractivity contribution in [3.05, 3.63) is 35.9 Å². The van der Waals surface area contributed by atoms with E-state index in [-0.39, 0.29) is 24.9 Å².